The van der Waals surface area contributed by atoms with Crippen LogP contribution in [-0.4, -0.2) is 41.9 Å². The molecule has 0 aliphatic carbocycles. The molecule has 0 unspecified atom stereocenters. The second kappa shape index (κ2) is 5.29. The fourth-order valence-corrected chi connectivity index (χ4v) is 2.07. The van der Waals surface area contributed by atoms with Crippen LogP contribution in [0.2, 0.25) is 0 Å². The maximum atomic E-state index is 9.09. The molecule has 0 amide bonds. The van der Waals surface area contributed by atoms with Crippen molar-refractivity contribution in [3.63, 3.8) is 0 Å². The molecule has 1 aromatic rings. The highest BCUT2D eigenvalue weighted by Crippen LogP contribution is 2.31. The summed E-state index contributed by atoms with van der Waals surface area (Å²) in [6.45, 7) is 0.149. The number of hydrogen-bond acceptors (Lipinski definition) is 6. The van der Waals surface area contributed by atoms with Gasteiger partial charge in [-0.15, -0.1) is 0 Å². The molecule has 2 rings (SSSR count). The summed E-state index contributed by atoms with van der Waals surface area (Å²) in [4.78, 5) is 8.23. The molecule has 2 N–H and O–H groups in total. The molecule has 0 radical (unpaired) electrons. The van der Waals surface area contributed by atoms with Crippen LogP contribution in [0.25, 0.3) is 0 Å². The molecular weight excluding hydrogens is 222 g/mol. The number of ether oxygens (including phenoxy) is 2. The van der Waals surface area contributed by atoms with Gasteiger partial charge in [-0.3, -0.25) is 0 Å². The monoisotopic (exact) mass is 239 g/mol. The van der Waals surface area contributed by atoms with Gasteiger partial charge in [0.25, 0.3) is 0 Å². The molecule has 2 atom stereocenters. The molecule has 0 saturated carbocycles. The SMILES string of the molecule is COc1ncc([C@@H]2CC[C@@H](CO)N2)c(OC)n1. The van der Waals surface area contributed by atoms with Crippen LogP contribution in [0.1, 0.15) is 24.4 Å². The van der Waals surface area contributed by atoms with E-state index >= 15 is 0 Å². The van der Waals surface area contributed by atoms with E-state index in [1.54, 1.807) is 13.3 Å². The Hall–Kier alpha value is -1.40. The minimum Gasteiger partial charge on any atom is -0.481 e. The van der Waals surface area contributed by atoms with Crippen LogP contribution in [0, 0.1) is 0 Å². The lowest BCUT2D eigenvalue weighted by Crippen LogP contribution is -2.27. The van der Waals surface area contributed by atoms with Gasteiger partial charge in [-0.2, -0.15) is 4.98 Å². The molecule has 94 valence electrons. The number of aliphatic hydroxyl groups excluding tert-OH is 1. The molecule has 0 spiro atoms. The Labute approximate surface area is 100.0 Å². The summed E-state index contributed by atoms with van der Waals surface area (Å²) in [7, 11) is 3.09. The predicted molar refractivity (Wildman–Crippen MR) is 61.1 cm³/mol. The first kappa shape index (κ1) is 12.1. The summed E-state index contributed by atoms with van der Waals surface area (Å²) in [6.07, 6.45) is 3.59. The lowest BCUT2D eigenvalue weighted by Gasteiger charge is -2.15. The highest BCUT2D eigenvalue weighted by Gasteiger charge is 2.27. The van der Waals surface area contributed by atoms with Crippen LogP contribution < -0.4 is 14.8 Å². The zero-order chi connectivity index (χ0) is 12.3. The minimum atomic E-state index is 0.132. The molecule has 1 aromatic heterocycles. The van der Waals surface area contributed by atoms with Crippen molar-refractivity contribution in [1.82, 2.24) is 15.3 Å². The van der Waals surface area contributed by atoms with Gasteiger partial charge in [0.05, 0.1) is 20.8 Å². The number of rotatable bonds is 4. The van der Waals surface area contributed by atoms with Gasteiger partial charge in [-0.1, -0.05) is 0 Å². The third kappa shape index (κ3) is 2.48. The van der Waals surface area contributed by atoms with E-state index in [0.29, 0.717) is 11.9 Å². The number of nitrogens with one attached hydrogen (secondary N) is 1. The van der Waals surface area contributed by atoms with Gasteiger partial charge in [-0.05, 0) is 12.8 Å². The number of methoxy groups -OCH3 is 2. The normalized spacial score (nSPS) is 23.7. The van der Waals surface area contributed by atoms with Gasteiger partial charge < -0.3 is 19.9 Å². The largest absolute Gasteiger partial charge is 0.481 e. The molecule has 1 aliphatic rings. The molecule has 17 heavy (non-hydrogen) atoms. The second-order valence-corrected chi connectivity index (χ2v) is 4.00. The average Bonchev–Trinajstić information content (AvgIpc) is 2.86. The van der Waals surface area contributed by atoms with Crippen molar-refractivity contribution in [3.8, 4) is 11.9 Å². The summed E-state index contributed by atoms with van der Waals surface area (Å²) >= 11 is 0. The molecular formula is C11H17N3O3. The van der Waals surface area contributed by atoms with Crippen molar-refractivity contribution in [2.75, 3.05) is 20.8 Å². The lowest BCUT2D eigenvalue weighted by atomic mass is 10.1. The Balaban J connectivity index is 2.20. The van der Waals surface area contributed by atoms with Gasteiger partial charge in [0.15, 0.2) is 0 Å². The zero-order valence-corrected chi connectivity index (χ0v) is 10.0. The van der Waals surface area contributed by atoms with E-state index in [2.05, 4.69) is 15.3 Å². The highest BCUT2D eigenvalue weighted by atomic mass is 16.5. The third-order valence-corrected chi connectivity index (χ3v) is 2.97. The number of nitrogens with zero attached hydrogens (tertiary/aromatic N) is 2. The molecule has 6 heteroatoms. The first-order valence-corrected chi connectivity index (χ1v) is 5.60. The van der Waals surface area contributed by atoms with Crippen molar-refractivity contribution in [1.29, 1.82) is 0 Å². The van der Waals surface area contributed by atoms with E-state index in [1.165, 1.54) is 7.11 Å². The van der Waals surface area contributed by atoms with Crippen LogP contribution in [0.4, 0.5) is 0 Å². The van der Waals surface area contributed by atoms with Crippen molar-refractivity contribution < 1.29 is 14.6 Å². The van der Waals surface area contributed by atoms with Crippen LogP contribution >= 0.6 is 0 Å². The van der Waals surface area contributed by atoms with Crippen LogP contribution in [-0.2, 0) is 0 Å². The maximum absolute atomic E-state index is 9.09. The molecule has 0 aromatic carbocycles. The van der Waals surface area contributed by atoms with Gasteiger partial charge in [0, 0.05) is 23.8 Å². The molecule has 1 fully saturated rings. The van der Waals surface area contributed by atoms with Crippen molar-refractivity contribution in [2.45, 2.75) is 24.9 Å². The number of aliphatic hydroxyl groups is 1. The van der Waals surface area contributed by atoms with E-state index in [-0.39, 0.29) is 18.7 Å². The average molecular weight is 239 g/mol. The second-order valence-electron chi connectivity index (χ2n) is 4.00. The van der Waals surface area contributed by atoms with Gasteiger partial charge in [0.2, 0.25) is 5.88 Å². The fraction of sp³-hybridized carbons (Fsp3) is 0.636. The predicted octanol–water partition coefficient (Wildman–Crippen LogP) is 0.279. The molecule has 6 nitrogen and oxygen atoms in total. The van der Waals surface area contributed by atoms with Crippen LogP contribution in [0.15, 0.2) is 6.20 Å². The van der Waals surface area contributed by atoms with Crippen LogP contribution in [0.5, 0.6) is 11.9 Å². The van der Waals surface area contributed by atoms with Gasteiger partial charge in [-0.25, -0.2) is 4.98 Å². The Bertz CT molecular complexity index is 386. The van der Waals surface area contributed by atoms with E-state index in [0.717, 1.165) is 18.4 Å². The number of aromatic nitrogens is 2. The Morgan fingerprint density at radius 3 is 2.82 bits per heavy atom. The Morgan fingerprint density at radius 1 is 1.41 bits per heavy atom. The van der Waals surface area contributed by atoms with Crippen molar-refractivity contribution in [2.24, 2.45) is 0 Å². The molecule has 1 aliphatic heterocycles. The fourth-order valence-electron chi connectivity index (χ4n) is 2.07. The maximum Gasteiger partial charge on any atom is 0.319 e. The van der Waals surface area contributed by atoms with E-state index < -0.39 is 0 Å². The lowest BCUT2D eigenvalue weighted by molar-refractivity contribution is 0.251. The van der Waals surface area contributed by atoms with Crippen molar-refractivity contribution >= 4 is 0 Å². The highest BCUT2D eigenvalue weighted by molar-refractivity contribution is 5.29. The Kier molecular flexibility index (Phi) is 3.75. The summed E-state index contributed by atoms with van der Waals surface area (Å²) in [6, 6.07) is 0.571. The zero-order valence-electron chi connectivity index (χ0n) is 10.0. The van der Waals surface area contributed by atoms with Gasteiger partial charge >= 0.3 is 6.01 Å². The number of hydrogen-bond donors (Lipinski definition) is 2. The summed E-state index contributed by atoms with van der Waals surface area (Å²) in [5.74, 6) is 0.521. The first-order valence-electron chi connectivity index (χ1n) is 5.60. The minimum absolute atomic E-state index is 0.132. The Morgan fingerprint density at radius 2 is 2.24 bits per heavy atom. The molecule has 0 bridgehead atoms. The molecule has 1 saturated heterocycles. The summed E-state index contributed by atoms with van der Waals surface area (Å²) in [5.41, 5.74) is 0.907. The topological polar surface area (TPSA) is 76.5 Å². The van der Waals surface area contributed by atoms with E-state index in [4.69, 9.17) is 14.6 Å². The first-order chi connectivity index (χ1) is 8.28. The third-order valence-electron chi connectivity index (χ3n) is 2.97. The summed E-state index contributed by atoms with van der Waals surface area (Å²) in [5, 5.41) is 12.4. The van der Waals surface area contributed by atoms with Crippen LogP contribution in [0.3, 0.4) is 0 Å². The van der Waals surface area contributed by atoms with Gasteiger partial charge in [0.1, 0.15) is 0 Å². The summed E-state index contributed by atoms with van der Waals surface area (Å²) < 4.78 is 10.2. The smallest absolute Gasteiger partial charge is 0.319 e. The standard InChI is InChI=1S/C11H17N3O3/c1-16-10-8(5-12-11(14-10)17-2)9-4-3-7(6-15)13-9/h5,7,9,13,15H,3-4,6H2,1-2H3/t7-,9-/m0/s1. The van der Waals surface area contributed by atoms with Crippen molar-refractivity contribution in [3.05, 3.63) is 11.8 Å². The van der Waals surface area contributed by atoms with E-state index in [9.17, 15) is 0 Å². The molecule has 2 heterocycles. The van der Waals surface area contributed by atoms with E-state index in [1.807, 2.05) is 0 Å². The quantitative estimate of drug-likeness (QED) is 0.786.